The first-order valence-electron chi connectivity index (χ1n) is 13.0. The molecule has 38 heavy (non-hydrogen) atoms. The van der Waals surface area contributed by atoms with Gasteiger partial charge in [0.1, 0.15) is 5.56 Å². The standard InChI is InChI=1S/C31H32ClN3O3/c1-3-5-19-34(30(37)26(4-2)22-13-8-6-9-14-22)21-27(36)28-29(23-15-10-7-11-16-23)33-35(31(28)38)25-18-12-17-24(32)20-25/h6-18,20,26,33H,3-5,19,21H2,1-2H3. The third-order valence-corrected chi connectivity index (χ3v) is 6.87. The van der Waals surface area contributed by atoms with Crippen molar-refractivity contribution in [2.75, 3.05) is 13.1 Å². The highest BCUT2D eigenvalue weighted by molar-refractivity contribution is 6.30. The molecule has 7 heteroatoms. The van der Waals surface area contributed by atoms with Crippen LogP contribution in [0.1, 0.15) is 54.9 Å². The molecule has 3 aromatic carbocycles. The van der Waals surface area contributed by atoms with E-state index < -0.39 is 11.3 Å². The molecular weight excluding hydrogens is 498 g/mol. The van der Waals surface area contributed by atoms with Crippen molar-refractivity contribution < 1.29 is 9.59 Å². The van der Waals surface area contributed by atoms with Crippen molar-refractivity contribution in [2.45, 2.75) is 39.0 Å². The van der Waals surface area contributed by atoms with E-state index >= 15 is 0 Å². The molecule has 196 valence electrons. The molecule has 0 saturated carbocycles. The quantitative estimate of drug-likeness (QED) is 0.226. The van der Waals surface area contributed by atoms with Crippen LogP contribution in [-0.2, 0) is 4.79 Å². The Morgan fingerprint density at radius 1 is 0.947 bits per heavy atom. The second kappa shape index (κ2) is 12.6. The van der Waals surface area contributed by atoms with Gasteiger partial charge in [0.25, 0.3) is 5.56 Å². The SMILES string of the molecule is CCCCN(CC(=O)c1c(-c2ccccc2)[nH]n(-c2cccc(Cl)c2)c1=O)C(=O)C(CC)c1ccccc1. The molecule has 4 rings (SSSR count). The fourth-order valence-corrected chi connectivity index (χ4v) is 4.82. The number of amides is 1. The van der Waals surface area contributed by atoms with Gasteiger partial charge in [-0.1, -0.05) is 98.6 Å². The second-order valence-corrected chi connectivity index (χ2v) is 9.69. The molecule has 0 saturated heterocycles. The maximum absolute atomic E-state index is 13.8. The van der Waals surface area contributed by atoms with Crippen molar-refractivity contribution in [1.82, 2.24) is 14.7 Å². The number of rotatable bonds is 11. The van der Waals surface area contributed by atoms with Crippen molar-refractivity contribution >= 4 is 23.3 Å². The first-order valence-corrected chi connectivity index (χ1v) is 13.4. The van der Waals surface area contributed by atoms with Gasteiger partial charge in [-0.25, -0.2) is 4.68 Å². The van der Waals surface area contributed by atoms with Gasteiger partial charge in [-0.2, -0.15) is 0 Å². The summed E-state index contributed by atoms with van der Waals surface area (Å²) in [7, 11) is 0. The van der Waals surface area contributed by atoms with Crippen molar-refractivity contribution in [3.05, 3.63) is 111 Å². The minimum absolute atomic E-state index is 0.0261. The number of hydrogen-bond acceptors (Lipinski definition) is 3. The Kier molecular flexibility index (Phi) is 8.98. The molecule has 1 aromatic heterocycles. The summed E-state index contributed by atoms with van der Waals surface area (Å²) < 4.78 is 1.33. The predicted molar refractivity (Wildman–Crippen MR) is 152 cm³/mol. The van der Waals surface area contributed by atoms with Crippen LogP contribution in [0.3, 0.4) is 0 Å². The summed E-state index contributed by atoms with van der Waals surface area (Å²) in [5, 5.41) is 3.59. The molecule has 4 aromatic rings. The van der Waals surface area contributed by atoms with Crippen molar-refractivity contribution in [3.63, 3.8) is 0 Å². The van der Waals surface area contributed by atoms with Crippen LogP contribution >= 0.6 is 11.6 Å². The summed E-state index contributed by atoms with van der Waals surface area (Å²) in [6.07, 6.45) is 2.25. The van der Waals surface area contributed by atoms with Gasteiger partial charge in [-0.05, 0) is 36.6 Å². The number of carbonyl (C=O) groups is 2. The number of H-pyrrole nitrogens is 1. The van der Waals surface area contributed by atoms with Crippen LogP contribution in [0.5, 0.6) is 0 Å². The van der Waals surface area contributed by atoms with Crippen molar-refractivity contribution in [2.24, 2.45) is 0 Å². The molecule has 0 fully saturated rings. The zero-order valence-electron chi connectivity index (χ0n) is 21.7. The van der Waals surface area contributed by atoms with Gasteiger partial charge in [0.15, 0.2) is 5.78 Å². The van der Waals surface area contributed by atoms with Crippen molar-refractivity contribution in [3.8, 4) is 16.9 Å². The summed E-state index contributed by atoms with van der Waals surface area (Å²) >= 11 is 6.18. The molecule has 1 unspecified atom stereocenters. The number of hydrogen-bond donors (Lipinski definition) is 1. The van der Waals surface area contributed by atoms with E-state index in [9.17, 15) is 14.4 Å². The molecule has 0 bridgehead atoms. The Morgan fingerprint density at radius 2 is 1.63 bits per heavy atom. The van der Waals surface area contributed by atoms with Gasteiger partial charge in [-0.15, -0.1) is 0 Å². The smallest absolute Gasteiger partial charge is 0.282 e. The number of unbranched alkanes of at least 4 members (excludes halogenated alkanes) is 1. The first-order chi connectivity index (χ1) is 18.4. The first kappa shape index (κ1) is 27.1. The highest BCUT2D eigenvalue weighted by Gasteiger charge is 2.29. The Hall–Kier alpha value is -3.90. The second-order valence-electron chi connectivity index (χ2n) is 9.26. The number of halogens is 1. The molecule has 0 aliphatic carbocycles. The highest BCUT2D eigenvalue weighted by Crippen LogP contribution is 2.25. The fourth-order valence-electron chi connectivity index (χ4n) is 4.63. The molecule has 1 atom stereocenters. The van der Waals surface area contributed by atoms with Crippen LogP contribution in [-0.4, -0.2) is 39.5 Å². The van der Waals surface area contributed by atoms with E-state index in [1.54, 1.807) is 29.2 Å². The number of benzene rings is 3. The van der Waals surface area contributed by atoms with Gasteiger partial charge in [0.2, 0.25) is 5.91 Å². The number of carbonyl (C=O) groups excluding carboxylic acids is 2. The van der Waals surface area contributed by atoms with Crippen LogP contribution in [0.15, 0.2) is 89.7 Å². The molecule has 1 heterocycles. The Bertz CT molecular complexity index is 1440. The van der Waals surface area contributed by atoms with Gasteiger partial charge >= 0.3 is 0 Å². The van der Waals surface area contributed by atoms with E-state index in [1.807, 2.05) is 74.5 Å². The number of aromatic nitrogens is 2. The Balaban J connectivity index is 1.74. The monoisotopic (exact) mass is 529 g/mol. The molecule has 1 amide bonds. The molecule has 0 spiro atoms. The summed E-state index contributed by atoms with van der Waals surface area (Å²) in [6.45, 7) is 4.28. The summed E-state index contributed by atoms with van der Waals surface area (Å²) in [5.41, 5.74) is 2.11. The van der Waals surface area contributed by atoms with Gasteiger partial charge in [0.05, 0.1) is 23.8 Å². The Morgan fingerprint density at radius 3 is 2.26 bits per heavy atom. The Labute approximate surface area is 227 Å². The van der Waals surface area contributed by atoms with Gasteiger partial charge in [0, 0.05) is 17.1 Å². The third-order valence-electron chi connectivity index (χ3n) is 6.63. The fraction of sp³-hybridized carbons (Fsp3) is 0.258. The van der Waals surface area contributed by atoms with E-state index in [-0.39, 0.29) is 23.9 Å². The normalized spacial score (nSPS) is 11.8. The molecule has 1 N–H and O–H groups in total. The van der Waals surface area contributed by atoms with Crippen LogP contribution in [0.25, 0.3) is 16.9 Å². The van der Waals surface area contributed by atoms with Crippen LogP contribution < -0.4 is 5.56 Å². The molecular formula is C31H32ClN3O3. The summed E-state index contributed by atoms with van der Waals surface area (Å²) in [6, 6.07) is 25.7. The van der Waals surface area contributed by atoms with E-state index in [2.05, 4.69) is 5.10 Å². The number of Topliss-reactive ketones (excluding diaryl/α,β-unsaturated/α-hetero) is 1. The minimum atomic E-state index is -0.478. The molecule has 0 radical (unpaired) electrons. The van der Waals surface area contributed by atoms with E-state index in [1.165, 1.54) is 4.68 Å². The lowest BCUT2D eigenvalue weighted by atomic mass is 9.94. The number of ketones is 1. The molecule has 0 aliphatic rings. The number of aromatic amines is 1. The molecule has 6 nitrogen and oxygen atoms in total. The zero-order chi connectivity index (χ0) is 27.1. The lowest BCUT2D eigenvalue weighted by Gasteiger charge is -2.26. The van der Waals surface area contributed by atoms with E-state index in [0.717, 1.165) is 18.4 Å². The average molecular weight is 530 g/mol. The zero-order valence-corrected chi connectivity index (χ0v) is 22.4. The maximum atomic E-state index is 13.8. The van der Waals surface area contributed by atoms with Gasteiger partial charge in [-0.3, -0.25) is 19.5 Å². The lowest BCUT2D eigenvalue weighted by molar-refractivity contribution is -0.132. The minimum Gasteiger partial charge on any atom is -0.334 e. The van der Waals surface area contributed by atoms with Crippen LogP contribution in [0, 0.1) is 0 Å². The molecule has 0 aliphatic heterocycles. The number of nitrogens with one attached hydrogen (secondary N) is 1. The average Bonchev–Trinajstić information content (AvgIpc) is 3.29. The summed E-state index contributed by atoms with van der Waals surface area (Å²) in [5.74, 6) is -0.866. The van der Waals surface area contributed by atoms with Gasteiger partial charge < -0.3 is 4.90 Å². The van der Waals surface area contributed by atoms with Crippen molar-refractivity contribution in [1.29, 1.82) is 0 Å². The third kappa shape index (κ3) is 5.97. The maximum Gasteiger partial charge on any atom is 0.282 e. The number of nitrogens with zero attached hydrogens (tertiary/aromatic N) is 2. The highest BCUT2D eigenvalue weighted by atomic mass is 35.5. The topological polar surface area (TPSA) is 75.2 Å². The van der Waals surface area contributed by atoms with E-state index in [0.29, 0.717) is 34.9 Å². The van der Waals surface area contributed by atoms with Crippen LogP contribution in [0.2, 0.25) is 5.02 Å². The predicted octanol–water partition coefficient (Wildman–Crippen LogP) is 6.49. The largest absolute Gasteiger partial charge is 0.334 e. The van der Waals surface area contributed by atoms with E-state index in [4.69, 9.17) is 11.6 Å². The van der Waals surface area contributed by atoms with Crippen LogP contribution in [0.4, 0.5) is 0 Å². The summed E-state index contributed by atoms with van der Waals surface area (Å²) in [4.78, 5) is 42.8. The lowest BCUT2D eigenvalue weighted by Crippen LogP contribution is -2.40.